The molecule has 1 heterocycles. The summed E-state index contributed by atoms with van der Waals surface area (Å²) in [6, 6.07) is 8.30. The number of hydrogen-bond acceptors (Lipinski definition) is 10. The highest BCUT2D eigenvalue weighted by Crippen LogP contribution is 2.38. The Bertz CT molecular complexity index is 991. The summed E-state index contributed by atoms with van der Waals surface area (Å²) in [5.74, 6) is -4.11. The number of carbonyl (C=O) groups excluding carboxylic acids is 1. The van der Waals surface area contributed by atoms with Gasteiger partial charge < -0.3 is 44.3 Å². The van der Waals surface area contributed by atoms with Gasteiger partial charge in [0.15, 0.2) is 12.4 Å². The predicted octanol–water partition coefficient (Wildman–Crippen LogP) is 2.55. The zero-order chi connectivity index (χ0) is 31.9. The lowest BCUT2D eigenvalue weighted by Gasteiger charge is -2.48. The fourth-order valence-electron chi connectivity index (χ4n) is 5.83. The van der Waals surface area contributed by atoms with Crippen LogP contribution in [0.3, 0.4) is 0 Å². The van der Waals surface area contributed by atoms with Crippen molar-refractivity contribution in [1.82, 2.24) is 4.90 Å². The van der Waals surface area contributed by atoms with Crippen LogP contribution < -0.4 is 0 Å². The van der Waals surface area contributed by atoms with Crippen molar-refractivity contribution in [2.45, 2.75) is 109 Å². The molecule has 0 amide bonds. The van der Waals surface area contributed by atoms with E-state index in [0.29, 0.717) is 12.0 Å². The molecule has 2 unspecified atom stereocenters. The summed E-state index contributed by atoms with van der Waals surface area (Å²) in [5.41, 5.74) is -0.829. The number of carboxylic acid groups (broad SMARTS) is 1. The second kappa shape index (κ2) is 15.6. The van der Waals surface area contributed by atoms with E-state index in [2.05, 4.69) is 0 Å². The number of hydrogen-bond donors (Lipinski definition) is 4. The predicted molar refractivity (Wildman–Crippen MR) is 156 cm³/mol. The average Bonchev–Trinajstić information content (AvgIpc) is 2.95. The van der Waals surface area contributed by atoms with E-state index in [-0.39, 0.29) is 18.6 Å². The van der Waals surface area contributed by atoms with Crippen LogP contribution in [-0.4, -0.2) is 113 Å². The van der Waals surface area contributed by atoms with Gasteiger partial charge in [0.2, 0.25) is 0 Å². The van der Waals surface area contributed by atoms with Crippen molar-refractivity contribution in [2.24, 2.45) is 17.8 Å². The van der Waals surface area contributed by atoms with Crippen LogP contribution in [0.4, 0.5) is 0 Å². The van der Waals surface area contributed by atoms with Gasteiger partial charge in [0.25, 0.3) is 0 Å². The lowest BCUT2D eigenvalue weighted by molar-refractivity contribution is -0.301. The van der Waals surface area contributed by atoms with Gasteiger partial charge in [-0.2, -0.15) is 0 Å². The fourth-order valence-corrected chi connectivity index (χ4v) is 5.83. The van der Waals surface area contributed by atoms with Gasteiger partial charge in [-0.3, -0.25) is 4.79 Å². The third kappa shape index (κ3) is 8.95. The molecule has 1 aliphatic heterocycles. The number of benzene rings is 1. The highest BCUT2D eigenvalue weighted by Gasteiger charge is 2.50. The standard InChI is InChI=1S/C31H51NO10/c1-17(24(34)21(5)33)16-31(6,39-9)27(19(3)25(35)20(4)28(36)37)42-30-26(23(32(7)8)15-18(2)40-30)41-29(38)22-13-11-10-12-14-22/h10-14,17-21,23-27,30,33-35H,15-16H2,1-9H3,(H,36,37)/t17-,18-,19+,20-,21?,23+,24+,25+,26-,27-,30?,31-/m1/s1. The largest absolute Gasteiger partial charge is 0.481 e. The van der Waals surface area contributed by atoms with E-state index in [0.717, 1.165) is 0 Å². The minimum Gasteiger partial charge on any atom is -0.481 e. The normalized spacial score (nSPS) is 27.6. The van der Waals surface area contributed by atoms with Gasteiger partial charge >= 0.3 is 11.9 Å². The summed E-state index contributed by atoms with van der Waals surface area (Å²) in [7, 11) is 5.22. The third-order valence-corrected chi connectivity index (χ3v) is 8.57. The monoisotopic (exact) mass is 597 g/mol. The van der Waals surface area contributed by atoms with E-state index in [1.165, 1.54) is 21.0 Å². The molecule has 12 atom stereocenters. The fraction of sp³-hybridized carbons (Fsp3) is 0.742. The first-order chi connectivity index (χ1) is 19.5. The van der Waals surface area contributed by atoms with Crippen LogP contribution >= 0.6 is 0 Å². The quantitative estimate of drug-likeness (QED) is 0.221. The molecule has 1 aliphatic rings. The SMILES string of the molecule is CO[C@](C)(C[C@@H](C)[C@H](O)C(C)O)[C@H](OC1O[C@H](C)C[C@H](N(C)C)[C@H]1OC(=O)c1ccccc1)[C@@H](C)[C@H](O)[C@@H](C)C(=O)O. The maximum atomic E-state index is 13.2. The van der Waals surface area contributed by atoms with Crippen LogP contribution in [0.15, 0.2) is 30.3 Å². The molecular weight excluding hydrogens is 546 g/mol. The van der Waals surface area contributed by atoms with Gasteiger partial charge in [-0.25, -0.2) is 4.79 Å². The van der Waals surface area contributed by atoms with E-state index < -0.39 is 72.1 Å². The summed E-state index contributed by atoms with van der Waals surface area (Å²) in [5, 5.41) is 41.4. The van der Waals surface area contributed by atoms with Crippen molar-refractivity contribution in [3.05, 3.63) is 35.9 Å². The zero-order valence-electron chi connectivity index (χ0n) is 26.3. The minimum absolute atomic E-state index is 0.187. The van der Waals surface area contributed by atoms with Gasteiger partial charge in [-0.15, -0.1) is 0 Å². The van der Waals surface area contributed by atoms with E-state index in [4.69, 9.17) is 18.9 Å². The maximum Gasteiger partial charge on any atom is 0.338 e. The first kappa shape index (κ1) is 36.1. The number of esters is 1. The molecule has 0 radical (unpaired) electrons. The molecule has 240 valence electrons. The van der Waals surface area contributed by atoms with Crippen molar-refractivity contribution in [3.63, 3.8) is 0 Å². The Kier molecular flexibility index (Phi) is 13.4. The Hall–Kier alpha value is -2.12. The van der Waals surface area contributed by atoms with Crippen LogP contribution in [0.5, 0.6) is 0 Å². The number of aliphatic hydroxyl groups excluding tert-OH is 3. The molecule has 0 aliphatic carbocycles. The summed E-state index contributed by atoms with van der Waals surface area (Å²) < 4.78 is 24.9. The van der Waals surface area contributed by atoms with E-state index in [9.17, 15) is 30.0 Å². The first-order valence-corrected chi connectivity index (χ1v) is 14.6. The molecule has 42 heavy (non-hydrogen) atoms. The van der Waals surface area contributed by atoms with Gasteiger partial charge in [-0.1, -0.05) is 32.0 Å². The van der Waals surface area contributed by atoms with E-state index in [1.807, 2.05) is 25.9 Å². The zero-order valence-corrected chi connectivity index (χ0v) is 26.3. The Morgan fingerprint density at radius 2 is 1.67 bits per heavy atom. The number of carboxylic acids is 1. The number of aliphatic carboxylic acids is 1. The first-order valence-electron chi connectivity index (χ1n) is 14.6. The average molecular weight is 598 g/mol. The molecule has 11 nitrogen and oxygen atoms in total. The van der Waals surface area contributed by atoms with Gasteiger partial charge in [0.1, 0.15) is 0 Å². The molecule has 4 N–H and O–H groups in total. The lowest BCUT2D eigenvalue weighted by atomic mass is 9.76. The summed E-state index contributed by atoms with van der Waals surface area (Å²) in [4.78, 5) is 27.0. The van der Waals surface area contributed by atoms with Gasteiger partial charge in [0.05, 0.1) is 53.6 Å². The molecule has 0 saturated carbocycles. The summed E-state index contributed by atoms with van der Waals surface area (Å²) in [6.07, 6.45) is -5.91. The highest BCUT2D eigenvalue weighted by molar-refractivity contribution is 5.89. The highest BCUT2D eigenvalue weighted by atomic mass is 16.7. The molecule has 1 aromatic rings. The molecule has 2 rings (SSSR count). The van der Waals surface area contributed by atoms with Crippen LogP contribution in [0.1, 0.15) is 64.7 Å². The topological polar surface area (TPSA) is 155 Å². The molecule has 1 fully saturated rings. The van der Waals surface area contributed by atoms with Crippen molar-refractivity contribution < 1.29 is 49.0 Å². The van der Waals surface area contributed by atoms with Crippen LogP contribution in [0, 0.1) is 17.8 Å². The molecule has 0 aromatic heterocycles. The van der Waals surface area contributed by atoms with Crippen LogP contribution in [0.2, 0.25) is 0 Å². The van der Waals surface area contributed by atoms with Crippen molar-refractivity contribution in [1.29, 1.82) is 0 Å². The van der Waals surface area contributed by atoms with Crippen LogP contribution in [0.25, 0.3) is 0 Å². The number of methoxy groups -OCH3 is 1. The molecular formula is C31H51NO10. The minimum atomic E-state index is -1.34. The number of nitrogens with zero attached hydrogens (tertiary/aromatic N) is 1. The second-order valence-electron chi connectivity index (χ2n) is 12.3. The molecule has 0 bridgehead atoms. The Morgan fingerprint density at radius 1 is 1.07 bits per heavy atom. The van der Waals surface area contributed by atoms with Crippen molar-refractivity contribution in [3.8, 4) is 0 Å². The summed E-state index contributed by atoms with van der Waals surface area (Å²) in [6.45, 7) is 9.97. The van der Waals surface area contributed by atoms with E-state index in [1.54, 1.807) is 51.1 Å². The third-order valence-electron chi connectivity index (χ3n) is 8.57. The maximum absolute atomic E-state index is 13.2. The smallest absolute Gasteiger partial charge is 0.338 e. The molecule has 11 heteroatoms. The molecule has 1 aromatic carbocycles. The number of ether oxygens (including phenoxy) is 4. The number of likely N-dealkylation sites (N-methyl/N-ethyl adjacent to an activating group) is 1. The number of carbonyl (C=O) groups is 2. The lowest BCUT2D eigenvalue weighted by Crippen LogP contribution is -2.60. The number of aliphatic hydroxyl groups is 3. The summed E-state index contributed by atoms with van der Waals surface area (Å²) >= 11 is 0. The Labute approximate surface area is 249 Å². The molecule has 1 saturated heterocycles. The number of rotatable bonds is 15. The van der Waals surface area contributed by atoms with Crippen molar-refractivity contribution in [2.75, 3.05) is 21.2 Å². The Morgan fingerprint density at radius 3 is 2.17 bits per heavy atom. The Balaban J connectivity index is 2.55. The van der Waals surface area contributed by atoms with Gasteiger partial charge in [-0.05, 0) is 72.7 Å². The second-order valence-corrected chi connectivity index (χ2v) is 12.3. The van der Waals surface area contributed by atoms with Crippen LogP contribution in [-0.2, 0) is 23.7 Å². The van der Waals surface area contributed by atoms with E-state index >= 15 is 0 Å². The van der Waals surface area contributed by atoms with Crippen molar-refractivity contribution >= 4 is 11.9 Å². The van der Waals surface area contributed by atoms with Gasteiger partial charge in [0, 0.05) is 13.0 Å². The molecule has 0 spiro atoms.